The third-order valence-electron chi connectivity index (χ3n) is 2.36. The zero-order chi connectivity index (χ0) is 13.3. The Morgan fingerprint density at radius 3 is 2.83 bits per heavy atom. The van der Waals surface area contributed by atoms with Gasteiger partial charge in [0, 0.05) is 9.86 Å². The molecule has 96 valence electrons. The Morgan fingerprint density at radius 1 is 1.44 bits per heavy atom. The number of ether oxygens (including phenoxy) is 1. The largest absolute Gasteiger partial charge is 0.460 e. The molecule has 0 aliphatic heterocycles. The van der Waals surface area contributed by atoms with Crippen LogP contribution in [0.25, 0.3) is 10.9 Å². The number of nitrogens with zero attached hydrogens (tertiary/aromatic N) is 1. The smallest absolute Gasteiger partial charge is 0.310 e. The van der Waals surface area contributed by atoms with Crippen molar-refractivity contribution in [2.24, 2.45) is 0 Å². The fraction of sp³-hybridized carbons (Fsp3) is 0.385. The van der Waals surface area contributed by atoms with Crippen LogP contribution in [-0.4, -0.2) is 21.8 Å². The summed E-state index contributed by atoms with van der Waals surface area (Å²) in [5.74, 6) is -0.231. The zero-order valence-corrected chi connectivity index (χ0v) is 12.2. The number of esters is 1. The lowest BCUT2D eigenvalue weighted by molar-refractivity contribution is -0.153. The molecule has 4 nitrogen and oxygen atoms in total. The summed E-state index contributed by atoms with van der Waals surface area (Å²) in [7, 11) is 0. The lowest BCUT2D eigenvalue weighted by Crippen LogP contribution is -2.25. The van der Waals surface area contributed by atoms with Crippen molar-refractivity contribution in [3.8, 4) is 0 Å². The maximum Gasteiger partial charge on any atom is 0.310 e. The lowest BCUT2D eigenvalue weighted by atomic mass is 10.1. The molecule has 1 aromatic heterocycles. The molecule has 1 heterocycles. The van der Waals surface area contributed by atoms with Gasteiger partial charge in [-0.15, -0.1) is 0 Å². The predicted octanol–water partition coefficient (Wildman–Crippen LogP) is 3.21. The van der Waals surface area contributed by atoms with E-state index in [1.54, 1.807) is 6.20 Å². The third-order valence-corrected chi connectivity index (χ3v) is 3.10. The second-order valence-corrected chi connectivity index (χ2v) is 6.02. The highest BCUT2D eigenvalue weighted by Crippen LogP contribution is 2.24. The summed E-state index contributed by atoms with van der Waals surface area (Å²) in [6.07, 6.45) is 1.99. The lowest BCUT2D eigenvalue weighted by Gasteiger charge is -2.19. The normalized spacial score (nSPS) is 11.8. The molecule has 18 heavy (non-hydrogen) atoms. The highest BCUT2D eigenvalue weighted by atomic mass is 79.9. The molecule has 0 radical (unpaired) electrons. The SMILES string of the molecule is CC(C)(C)OC(=O)Cc1cc2cn[nH]c2cc1Br. The number of rotatable bonds is 2. The van der Waals surface area contributed by atoms with Gasteiger partial charge in [-0.05, 0) is 38.5 Å². The van der Waals surface area contributed by atoms with Crippen molar-refractivity contribution in [3.63, 3.8) is 0 Å². The first-order valence-corrected chi connectivity index (χ1v) is 6.48. The third kappa shape index (κ3) is 3.10. The van der Waals surface area contributed by atoms with E-state index in [4.69, 9.17) is 4.74 Å². The van der Waals surface area contributed by atoms with Gasteiger partial charge in [-0.1, -0.05) is 15.9 Å². The Kier molecular flexibility index (Phi) is 3.43. The van der Waals surface area contributed by atoms with Gasteiger partial charge in [-0.2, -0.15) is 5.10 Å². The van der Waals surface area contributed by atoms with Crippen molar-refractivity contribution in [1.82, 2.24) is 10.2 Å². The summed E-state index contributed by atoms with van der Waals surface area (Å²) in [4.78, 5) is 11.8. The summed E-state index contributed by atoms with van der Waals surface area (Å²) in [6, 6.07) is 3.86. The summed E-state index contributed by atoms with van der Waals surface area (Å²) in [5, 5.41) is 7.83. The first-order chi connectivity index (χ1) is 8.35. The molecule has 0 fully saturated rings. The number of nitrogens with one attached hydrogen (secondary N) is 1. The van der Waals surface area contributed by atoms with Gasteiger partial charge in [0.2, 0.25) is 0 Å². The molecule has 0 aliphatic rings. The monoisotopic (exact) mass is 310 g/mol. The van der Waals surface area contributed by atoms with E-state index >= 15 is 0 Å². The fourth-order valence-electron chi connectivity index (χ4n) is 1.68. The van der Waals surface area contributed by atoms with Gasteiger partial charge < -0.3 is 4.74 Å². The van der Waals surface area contributed by atoms with Crippen LogP contribution in [0.1, 0.15) is 26.3 Å². The minimum Gasteiger partial charge on any atom is -0.460 e. The van der Waals surface area contributed by atoms with Gasteiger partial charge in [0.25, 0.3) is 0 Å². The predicted molar refractivity (Wildman–Crippen MR) is 73.3 cm³/mol. The highest BCUT2D eigenvalue weighted by Gasteiger charge is 2.17. The first-order valence-electron chi connectivity index (χ1n) is 5.68. The number of carbonyl (C=O) groups is 1. The van der Waals surface area contributed by atoms with Crippen LogP contribution in [0, 0.1) is 0 Å². The number of fused-ring (bicyclic) bond motifs is 1. The van der Waals surface area contributed by atoms with E-state index in [9.17, 15) is 4.79 Å². The molecule has 1 aromatic carbocycles. The Bertz CT molecular complexity index is 584. The molecule has 0 aliphatic carbocycles. The number of aromatic amines is 1. The average molecular weight is 311 g/mol. The van der Waals surface area contributed by atoms with Crippen molar-refractivity contribution in [2.45, 2.75) is 32.8 Å². The fourth-order valence-corrected chi connectivity index (χ4v) is 2.16. The van der Waals surface area contributed by atoms with Crippen molar-refractivity contribution in [3.05, 3.63) is 28.4 Å². The summed E-state index contributed by atoms with van der Waals surface area (Å²) < 4.78 is 6.19. The van der Waals surface area contributed by atoms with E-state index in [-0.39, 0.29) is 12.4 Å². The molecule has 0 unspecified atom stereocenters. The van der Waals surface area contributed by atoms with Gasteiger partial charge >= 0.3 is 5.97 Å². The Balaban J connectivity index is 2.20. The average Bonchev–Trinajstić information content (AvgIpc) is 2.62. The van der Waals surface area contributed by atoms with Gasteiger partial charge in [0.05, 0.1) is 18.1 Å². The Labute approximate surface area is 114 Å². The van der Waals surface area contributed by atoms with E-state index in [1.165, 1.54) is 0 Å². The molecule has 0 bridgehead atoms. The zero-order valence-electron chi connectivity index (χ0n) is 10.6. The number of benzene rings is 1. The summed E-state index contributed by atoms with van der Waals surface area (Å²) >= 11 is 3.45. The van der Waals surface area contributed by atoms with Gasteiger partial charge in [-0.25, -0.2) is 0 Å². The van der Waals surface area contributed by atoms with Crippen LogP contribution in [0.4, 0.5) is 0 Å². The molecule has 0 atom stereocenters. The van der Waals surface area contributed by atoms with Crippen LogP contribution in [0.5, 0.6) is 0 Å². The van der Waals surface area contributed by atoms with E-state index in [0.29, 0.717) is 0 Å². The number of hydrogen-bond donors (Lipinski definition) is 1. The molecule has 5 heteroatoms. The van der Waals surface area contributed by atoms with E-state index in [1.807, 2.05) is 32.9 Å². The second kappa shape index (κ2) is 4.72. The molecular formula is C13H15BrN2O2. The molecular weight excluding hydrogens is 296 g/mol. The Morgan fingerprint density at radius 2 is 2.17 bits per heavy atom. The van der Waals surface area contributed by atoms with Gasteiger partial charge in [0.1, 0.15) is 5.60 Å². The van der Waals surface area contributed by atoms with Gasteiger partial charge in [-0.3, -0.25) is 9.89 Å². The van der Waals surface area contributed by atoms with Crippen LogP contribution in [0.2, 0.25) is 0 Å². The van der Waals surface area contributed by atoms with Crippen molar-refractivity contribution in [1.29, 1.82) is 0 Å². The minimum atomic E-state index is -0.455. The molecule has 1 N–H and O–H groups in total. The highest BCUT2D eigenvalue weighted by molar-refractivity contribution is 9.10. The molecule has 0 spiro atoms. The van der Waals surface area contributed by atoms with E-state index in [2.05, 4.69) is 26.1 Å². The molecule has 0 amide bonds. The summed E-state index contributed by atoms with van der Waals surface area (Å²) in [5.41, 5.74) is 1.39. The van der Waals surface area contributed by atoms with Crippen LogP contribution >= 0.6 is 15.9 Å². The maximum atomic E-state index is 11.8. The van der Waals surface area contributed by atoms with E-state index in [0.717, 1.165) is 20.9 Å². The standard InChI is InChI=1S/C13H15BrN2O2/c1-13(2,3)18-12(17)5-8-4-9-7-15-16-11(9)6-10(8)14/h4,6-7H,5H2,1-3H3,(H,15,16). The molecule has 0 saturated carbocycles. The maximum absolute atomic E-state index is 11.8. The number of halogens is 1. The Hall–Kier alpha value is -1.36. The molecule has 0 saturated heterocycles. The number of H-pyrrole nitrogens is 1. The van der Waals surface area contributed by atoms with Crippen LogP contribution in [0.3, 0.4) is 0 Å². The molecule has 2 aromatic rings. The van der Waals surface area contributed by atoms with Crippen LogP contribution < -0.4 is 0 Å². The van der Waals surface area contributed by atoms with E-state index < -0.39 is 5.60 Å². The van der Waals surface area contributed by atoms with Gasteiger partial charge in [0.15, 0.2) is 0 Å². The topological polar surface area (TPSA) is 55.0 Å². The summed E-state index contributed by atoms with van der Waals surface area (Å²) in [6.45, 7) is 5.58. The quantitative estimate of drug-likeness (QED) is 0.867. The van der Waals surface area contributed by atoms with Crippen LogP contribution in [0.15, 0.2) is 22.8 Å². The number of aromatic nitrogens is 2. The van der Waals surface area contributed by atoms with Crippen molar-refractivity contribution in [2.75, 3.05) is 0 Å². The first kappa shape index (κ1) is 13.1. The van der Waals surface area contributed by atoms with Crippen molar-refractivity contribution < 1.29 is 9.53 Å². The minimum absolute atomic E-state index is 0.231. The molecule has 2 rings (SSSR count). The van der Waals surface area contributed by atoms with Crippen LogP contribution in [-0.2, 0) is 16.0 Å². The number of carbonyl (C=O) groups excluding carboxylic acids is 1. The second-order valence-electron chi connectivity index (χ2n) is 5.16. The van der Waals surface area contributed by atoms with Crippen molar-refractivity contribution >= 4 is 32.8 Å². The number of hydrogen-bond acceptors (Lipinski definition) is 3.